The molecule has 0 aliphatic heterocycles. The second-order valence-electron chi connectivity index (χ2n) is 6.16. The molecule has 0 unspecified atom stereocenters. The minimum absolute atomic E-state index is 0.0583. The lowest BCUT2D eigenvalue weighted by Gasteiger charge is -2.07. The lowest BCUT2D eigenvalue weighted by Crippen LogP contribution is -2.23. The van der Waals surface area contributed by atoms with Gasteiger partial charge in [-0.1, -0.05) is 36.4 Å². The van der Waals surface area contributed by atoms with Crippen molar-refractivity contribution in [3.05, 3.63) is 88.7 Å². The van der Waals surface area contributed by atoms with E-state index in [9.17, 15) is 4.79 Å². The van der Waals surface area contributed by atoms with Crippen molar-refractivity contribution in [3.8, 4) is 11.1 Å². The maximum absolute atomic E-state index is 12.4. The van der Waals surface area contributed by atoms with E-state index in [1.54, 1.807) is 0 Å². The Labute approximate surface area is 141 Å². The first-order chi connectivity index (χ1) is 11.7. The fourth-order valence-electron chi connectivity index (χ4n) is 3.26. The molecule has 1 heterocycles. The lowest BCUT2D eigenvalue weighted by molar-refractivity contribution is 0.0950. The van der Waals surface area contributed by atoms with Gasteiger partial charge in [-0.25, -0.2) is 0 Å². The van der Waals surface area contributed by atoms with Gasteiger partial charge in [0.1, 0.15) is 0 Å². The van der Waals surface area contributed by atoms with Crippen LogP contribution in [0.3, 0.4) is 0 Å². The standard InChI is InChI=1S/C21H18N2O/c1-14-5-4-7-18(23-14)13-22-21(24)16-9-10-20-17(12-16)11-15-6-2-3-8-19(15)20/h2-10,12H,11,13H2,1H3,(H,22,24). The number of aromatic nitrogens is 1. The van der Waals surface area contributed by atoms with E-state index < -0.39 is 0 Å². The maximum atomic E-state index is 12.4. The molecule has 4 rings (SSSR count). The van der Waals surface area contributed by atoms with Crippen LogP contribution >= 0.6 is 0 Å². The zero-order chi connectivity index (χ0) is 16.5. The van der Waals surface area contributed by atoms with Gasteiger partial charge < -0.3 is 5.32 Å². The van der Waals surface area contributed by atoms with Crippen LogP contribution in [0.5, 0.6) is 0 Å². The van der Waals surface area contributed by atoms with Crippen molar-refractivity contribution in [2.24, 2.45) is 0 Å². The van der Waals surface area contributed by atoms with Crippen LogP contribution in [0.4, 0.5) is 0 Å². The van der Waals surface area contributed by atoms with Gasteiger partial charge in [-0.15, -0.1) is 0 Å². The van der Waals surface area contributed by atoms with Gasteiger partial charge in [0.25, 0.3) is 5.91 Å². The number of hydrogen-bond acceptors (Lipinski definition) is 2. The molecule has 0 atom stereocenters. The fraction of sp³-hybridized carbons (Fsp3) is 0.143. The zero-order valence-corrected chi connectivity index (χ0v) is 13.5. The predicted octanol–water partition coefficient (Wildman–Crippen LogP) is 3.89. The Hall–Kier alpha value is -2.94. The van der Waals surface area contributed by atoms with E-state index in [4.69, 9.17) is 0 Å². The number of fused-ring (bicyclic) bond motifs is 3. The Morgan fingerprint density at radius 1 is 1.00 bits per heavy atom. The molecule has 24 heavy (non-hydrogen) atoms. The van der Waals surface area contributed by atoms with Gasteiger partial charge in [-0.3, -0.25) is 9.78 Å². The van der Waals surface area contributed by atoms with Gasteiger partial charge in [-0.2, -0.15) is 0 Å². The van der Waals surface area contributed by atoms with Crippen LogP contribution in [0.2, 0.25) is 0 Å². The molecule has 1 N–H and O–H groups in total. The van der Waals surface area contributed by atoms with Crippen molar-refractivity contribution >= 4 is 5.91 Å². The maximum Gasteiger partial charge on any atom is 0.251 e. The van der Waals surface area contributed by atoms with Gasteiger partial charge in [-0.05, 0) is 59.9 Å². The average molecular weight is 314 g/mol. The minimum Gasteiger partial charge on any atom is -0.346 e. The third kappa shape index (κ3) is 2.69. The van der Waals surface area contributed by atoms with Crippen molar-refractivity contribution in [3.63, 3.8) is 0 Å². The highest BCUT2D eigenvalue weighted by molar-refractivity contribution is 5.95. The number of benzene rings is 2. The zero-order valence-electron chi connectivity index (χ0n) is 13.5. The first-order valence-corrected chi connectivity index (χ1v) is 8.12. The Kier molecular flexibility index (Phi) is 3.62. The van der Waals surface area contributed by atoms with E-state index in [1.807, 2.05) is 37.3 Å². The highest BCUT2D eigenvalue weighted by Crippen LogP contribution is 2.36. The summed E-state index contributed by atoms with van der Waals surface area (Å²) in [6.45, 7) is 2.39. The summed E-state index contributed by atoms with van der Waals surface area (Å²) in [5.74, 6) is -0.0583. The van der Waals surface area contributed by atoms with Gasteiger partial charge >= 0.3 is 0 Å². The summed E-state index contributed by atoms with van der Waals surface area (Å²) in [6.07, 6.45) is 0.895. The number of amides is 1. The highest BCUT2D eigenvalue weighted by atomic mass is 16.1. The molecular formula is C21H18N2O. The summed E-state index contributed by atoms with van der Waals surface area (Å²) >= 11 is 0. The van der Waals surface area contributed by atoms with E-state index in [0.717, 1.165) is 17.8 Å². The van der Waals surface area contributed by atoms with Gasteiger partial charge in [0.15, 0.2) is 0 Å². The molecule has 3 aromatic rings. The summed E-state index contributed by atoms with van der Waals surface area (Å²) in [7, 11) is 0. The molecule has 1 aliphatic rings. The Morgan fingerprint density at radius 2 is 1.83 bits per heavy atom. The molecule has 0 bridgehead atoms. The van der Waals surface area contributed by atoms with Crippen LogP contribution in [-0.4, -0.2) is 10.9 Å². The highest BCUT2D eigenvalue weighted by Gasteiger charge is 2.19. The molecule has 1 aromatic heterocycles. The molecule has 2 aromatic carbocycles. The average Bonchev–Trinajstić information content (AvgIpc) is 2.97. The Balaban J connectivity index is 1.51. The summed E-state index contributed by atoms with van der Waals surface area (Å²) in [4.78, 5) is 16.8. The molecule has 0 saturated carbocycles. The number of pyridine rings is 1. The fourth-order valence-corrected chi connectivity index (χ4v) is 3.26. The number of rotatable bonds is 3. The summed E-state index contributed by atoms with van der Waals surface area (Å²) in [5, 5.41) is 2.95. The number of hydrogen-bond donors (Lipinski definition) is 1. The van der Waals surface area contributed by atoms with Gasteiger partial charge in [0, 0.05) is 11.3 Å². The number of nitrogens with one attached hydrogen (secondary N) is 1. The van der Waals surface area contributed by atoms with Crippen molar-refractivity contribution in [2.45, 2.75) is 19.9 Å². The summed E-state index contributed by atoms with van der Waals surface area (Å²) in [5.41, 5.74) is 7.60. The van der Waals surface area contributed by atoms with Crippen LogP contribution < -0.4 is 5.32 Å². The van der Waals surface area contributed by atoms with Crippen LogP contribution in [0.25, 0.3) is 11.1 Å². The molecule has 1 aliphatic carbocycles. The molecule has 118 valence electrons. The smallest absolute Gasteiger partial charge is 0.251 e. The molecular weight excluding hydrogens is 296 g/mol. The second kappa shape index (κ2) is 5.93. The quantitative estimate of drug-likeness (QED) is 0.623. The van der Waals surface area contributed by atoms with Crippen LogP contribution in [0.1, 0.15) is 32.9 Å². The topological polar surface area (TPSA) is 42.0 Å². The molecule has 0 spiro atoms. The number of aryl methyl sites for hydroxylation is 1. The second-order valence-corrected chi connectivity index (χ2v) is 6.16. The van der Waals surface area contributed by atoms with Gasteiger partial charge in [0.2, 0.25) is 0 Å². The Morgan fingerprint density at radius 3 is 2.71 bits per heavy atom. The predicted molar refractivity (Wildman–Crippen MR) is 94.8 cm³/mol. The van der Waals surface area contributed by atoms with E-state index >= 15 is 0 Å². The lowest BCUT2D eigenvalue weighted by atomic mass is 10.0. The molecule has 0 saturated heterocycles. The van der Waals surface area contributed by atoms with E-state index in [-0.39, 0.29) is 5.91 Å². The van der Waals surface area contributed by atoms with E-state index in [1.165, 1.54) is 22.3 Å². The normalized spacial score (nSPS) is 11.7. The van der Waals surface area contributed by atoms with Gasteiger partial charge in [0.05, 0.1) is 12.2 Å². The molecule has 0 fully saturated rings. The largest absolute Gasteiger partial charge is 0.346 e. The summed E-state index contributed by atoms with van der Waals surface area (Å²) in [6, 6.07) is 20.2. The third-order valence-electron chi connectivity index (χ3n) is 4.43. The first kappa shape index (κ1) is 14.6. The van der Waals surface area contributed by atoms with Crippen LogP contribution in [0.15, 0.2) is 60.7 Å². The van der Waals surface area contributed by atoms with E-state index in [2.05, 4.69) is 40.6 Å². The Bertz CT molecular complexity index is 931. The minimum atomic E-state index is -0.0583. The van der Waals surface area contributed by atoms with Crippen molar-refractivity contribution < 1.29 is 4.79 Å². The summed E-state index contributed by atoms with van der Waals surface area (Å²) < 4.78 is 0. The molecule has 1 amide bonds. The third-order valence-corrected chi connectivity index (χ3v) is 4.43. The van der Waals surface area contributed by atoms with Crippen LogP contribution in [0, 0.1) is 6.92 Å². The number of nitrogens with zero attached hydrogens (tertiary/aromatic N) is 1. The SMILES string of the molecule is Cc1cccc(CNC(=O)c2ccc3c(c2)Cc2ccccc2-3)n1. The monoisotopic (exact) mass is 314 g/mol. The molecule has 0 radical (unpaired) electrons. The van der Waals surface area contributed by atoms with E-state index in [0.29, 0.717) is 12.1 Å². The molecule has 3 nitrogen and oxygen atoms in total. The molecule has 3 heteroatoms. The van der Waals surface area contributed by atoms with Crippen molar-refractivity contribution in [1.82, 2.24) is 10.3 Å². The van der Waals surface area contributed by atoms with Crippen LogP contribution in [-0.2, 0) is 13.0 Å². The van der Waals surface area contributed by atoms with Crippen molar-refractivity contribution in [2.75, 3.05) is 0 Å². The number of carbonyl (C=O) groups excluding carboxylic acids is 1. The number of carbonyl (C=O) groups is 1. The van der Waals surface area contributed by atoms with Crippen molar-refractivity contribution in [1.29, 1.82) is 0 Å². The first-order valence-electron chi connectivity index (χ1n) is 8.12.